The minimum Gasteiger partial charge on any atom is -0.339 e. The smallest absolute Gasteiger partial charge is 0.253 e. The molecule has 1 aromatic rings. The predicted octanol–water partition coefficient (Wildman–Crippen LogP) is 4.35. The fraction of sp³-hybridized carbons (Fsp3) is 0.562. The van der Waals surface area contributed by atoms with Crippen molar-refractivity contribution >= 4 is 21.8 Å². The summed E-state index contributed by atoms with van der Waals surface area (Å²) in [5.41, 5.74) is 1.14. The molecule has 0 aromatic heterocycles. The number of nitrogens with zero attached hydrogens (tertiary/aromatic N) is 1. The first-order chi connectivity index (χ1) is 8.88. The fourth-order valence-corrected chi connectivity index (χ4v) is 2.99. The van der Waals surface area contributed by atoms with Crippen molar-refractivity contribution in [2.45, 2.75) is 33.6 Å². The number of hydrogen-bond acceptors (Lipinski definition) is 1. The average Bonchev–Trinajstić information content (AvgIpc) is 2.38. The van der Waals surface area contributed by atoms with Crippen LogP contribution in [0.25, 0.3) is 0 Å². The Labute approximate surface area is 124 Å². The quantitative estimate of drug-likeness (QED) is 0.752. The predicted molar refractivity (Wildman–Crippen MR) is 82.2 cm³/mol. The van der Waals surface area contributed by atoms with Crippen LogP contribution in [0.4, 0.5) is 0 Å². The van der Waals surface area contributed by atoms with Gasteiger partial charge in [0.15, 0.2) is 0 Å². The summed E-state index contributed by atoms with van der Waals surface area (Å²) in [6, 6.07) is 7.63. The number of amides is 1. The van der Waals surface area contributed by atoms with Crippen LogP contribution in [0, 0.1) is 11.3 Å². The molecule has 1 amide bonds. The lowest BCUT2D eigenvalue weighted by molar-refractivity contribution is 0.0608. The summed E-state index contributed by atoms with van der Waals surface area (Å²) >= 11 is 3.40. The molecule has 19 heavy (non-hydrogen) atoms. The minimum absolute atomic E-state index is 0.167. The van der Waals surface area contributed by atoms with Gasteiger partial charge in [-0.2, -0.15) is 0 Å². The van der Waals surface area contributed by atoms with Gasteiger partial charge in [-0.1, -0.05) is 36.7 Å². The molecule has 0 bridgehead atoms. The van der Waals surface area contributed by atoms with Crippen LogP contribution < -0.4 is 0 Å². The Morgan fingerprint density at radius 1 is 1.16 bits per heavy atom. The summed E-state index contributed by atoms with van der Waals surface area (Å²) in [6.45, 7) is 8.66. The molecule has 2 rings (SSSR count). The maximum absolute atomic E-state index is 12.4. The summed E-state index contributed by atoms with van der Waals surface area (Å²) in [4.78, 5) is 14.4. The van der Waals surface area contributed by atoms with Crippen LogP contribution in [0.5, 0.6) is 0 Å². The highest BCUT2D eigenvalue weighted by Crippen LogP contribution is 2.34. The number of rotatable bonds is 1. The first-order valence-corrected chi connectivity index (χ1v) is 7.72. The molecule has 1 aromatic carbocycles. The monoisotopic (exact) mass is 323 g/mol. The van der Waals surface area contributed by atoms with Crippen molar-refractivity contribution < 1.29 is 4.79 Å². The summed E-state index contributed by atoms with van der Waals surface area (Å²) in [6.07, 6.45) is 2.23. The highest BCUT2D eigenvalue weighted by atomic mass is 79.9. The van der Waals surface area contributed by atoms with E-state index in [0.717, 1.165) is 41.9 Å². The number of hydrogen-bond donors (Lipinski definition) is 0. The highest BCUT2D eigenvalue weighted by Gasteiger charge is 2.30. The van der Waals surface area contributed by atoms with Crippen molar-refractivity contribution in [3.8, 4) is 0 Å². The zero-order valence-electron chi connectivity index (χ0n) is 11.9. The Kier molecular flexibility index (Phi) is 4.34. The van der Waals surface area contributed by atoms with Crippen molar-refractivity contribution in [3.05, 3.63) is 34.3 Å². The van der Waals surface area contributed by atoms with Gasteiger partial charge in [0.2, 0.25) is 0 Å². The van der Waals surface area contributed by atoms with Gasteiger partial charge in [0.05, 0.1) is 0 Å². The lowest BCUT2D eigenvalue weighted by Crippen LogP contribution is -2.41. The van der Waals surface area contributed by atoms with Crippen LogP contribution in [0.1, 0.15) is 44.0 Å². The first kappa shape index (κ1) is 14.6. The van der Waals surface area contributed by atoms with E-state index in [-0.39, 0.29) is 5.91 Å². The summed E-state index contributed by atoms with van der Waals surface area (Å²) in [7, 11) is 0. The Morgan fingerprint density at radius 2 is 1.68 bits per heavy atom. The van der Waals surface area contributed by atoms with E-state index in [4.69, 9.17) is 0 Å². The van der Waals surface area contributed by atoms with E-state index < -0.39 is 0 Å². The number of piperidine rings is 1. The second-order valence-electron chi connectivity index (χ2n) is 6.44. The second kappa shape index (κ2) is 5.66. The highest BCUT2D eigenvalue weighted by molar-refractivity contribution is 9.10. The van der Waals surface area contributed by atoms with Gasteiger partial charge in [0, 0.05) is 23.1 Å². The molecule has 0 aliphatic carbocycles. The van der Waals surface area contributed by atoms with Gasteiger partial charge in [-0.05, 0) is 48.4 Å². The standard InChI is InChI=1S/C16H22BrNO/c1-16(2,3)13-8-10-18(11-9-13)15(19)12-4-6-14(17)7-5-12/h4-7,13H,8-11H2,1-3H3. The fourth-order valence-electron chi connectivity index (χ4n) is 2.72. The third kappa shape index (κ3) is 3.59. The third-order valence-corrected chi connectivity index (χ3v) is 4.63. The molecule has 1 heterocycles. The molecule has 0 spiro atoms. The van der Waals surface area contributed by atoms with Crippen molar-refractivity contribution in [1.82, 2.24) is 4.90 Å². The minimum atomic E-state index is 0.167. The molecule has 0 atom stereocenters. The molecule has 0 radical (unpaired) electrons. The summed E-state index contributed by atoms with van der Waals surface area (Å²) in [5.74, 6) is 0.890. The van der Waals surface area contributed by atoms with E-state index in [1.54, 1.807) is 0 Å². The summed E-state index contributed by atoms with van der Waals surface area (Å²) < 4.78 is 1.01. The van der Waals surface area contributed by atoms with E-state index in [1.807, 2.05) is 29.2 Å². The van der Waals surface area contributed by atoms with Crippen LogP contribution in [0.3, 0.4) is 0 Å². The van der Waals surface area contributed by atoms with Crippen LogP contribution in [-0.4, -0.2) is 23.9 Å². The van der Waals surface area contributed by atoms with Crippen LogP contribution in [-0.2, 0) is 0 Å². The SMILES string of the molecule is CC(C)(C)C1CCN(C(=O)c2ccc(Br)cc2)CC1. The molecule has 104 valence electrons. The summed E-state index contributed by atoms with van der Waals surface area (Å²) in [5, 5.41) is 0. The molecule has 0 unspecified atom stereocenters. The molecule has 1 aliphatic rings. The zero-order valence-corrected chi connectivity index (χ0v) is 13.5. The van der Waals surface area contributed by atoms with E-state index in [1.165, 1.54) is 0 Å². The van der Waals surface area contributed by atoms with E-state index in [2.05, 4.69) is 36.7 Å². The van der Waals surface area contributed by atoms with Crippen molar-refractivity contribution in [2.24, 2.45) is 11.3 Å². The molecule has 1 aliphatic heterocycles. The molecular weight excluding hydrogens is 302 g/mol. The lowest BCUT2D eigenvalue weighted by Gasteiger charge is -2.38. The van der Waals surface area contributed by atoms with Crippen molar-refractivity contribution in [3.63, 3.8) is 0 Å². The van der Waals surface area contributed by atoms with Gasteiger partial charge >= 0.3 is 0 Å². The number of halogens is 1. The Bertz CT molecular complexity index is 439. The molecule has 2 nitrogen and oxygen atoms in total. The van der Waals surface area contributed by atoms with Crippen LogP contribution in [0.15, 0.2) is 28.7 Å². The largest absolute Gasteiger partial charge is 0.339 e. The Hall–Kier alpha value is -0.830. The first-order valence-electron chi connectivity index (χ1n) is 6.93. The maximum Gasteiger partial charge on any atom is 0.253 e. The van der Waals surface area contributed by atoms with Gasteiger partial charge in [0.25, 0.3) is 5.91 Å². The van der Waals surface area contributed by atoms with Gasteiger partial charge in [0.1, 0.15) is 0 Å². The number of carbonyl (C=O) groups is 1. The second-order valence-corrected chi connectivity index (χ2v) is 7.36. The van der Waals surface area contributed by atoms with Crippen molar-refractivity contribution in [1.29, 1.82) is 0 Å². The molecule has 0 N–H and O–H groups in total. The number of carbonyl (C=O) groups excluding carboxylic acids is 1. The van der Waals surface area contributed by atoms with Gasteiger partial charge in [-0.15, -0.1) is 0 Å². The van der Waals surface area contributed by atoms with Gasteiger partial charge in [-0.25, -0.2) is 0 Å². The lowest BCUT2D eigenvalue weighted by atomic mass is 9.75. The third-order valence-electron chi connectivity index (χ3n) is 4.10. The maximum atomic E-state index is 12.4. The molecule has 1 fully saturated rings. The van der Waals surface area contributed by atoms with E-state index in [9.17, 15) is 4.79 Å². The van der Waals surface area contributed by atoms with Crippen LogP contribution >= 0.6 is 15.9 Å². The molecular formula is C16H22BrNO. The zero-order chi connectivity index (χ0) is 14.0. The topological polar surface area (TPSA) is 20.3 Å². The van der Waals surface area contributed by atoms with E-state index >= 15 is 0 Å². The normalized spacial score (nSPS) is 17.6. The average molecular weight is 324 g/mol. The van der Waals surface area contributed by atoms with Gasteiger partial charge in [-0.3, -0.25) is 4.79 Å². The molecule has 0 saturated carbocycles. The molecule has 1 saturated heterocycles. The van der Waals surface area contributed by atoms with Gasteiger partial charge < -0.3 is 4.90 Å². The van der Waals surface area contributed by atoms with E-state index in [0.29, 0.717) is 5.41 Å². The Balaban J connectivity index is 1.98. The number of likely N-dealkylation sites (tertiary alicyclic amines) is 1. The Morgan fingerprint density at radius 3 is 2.16 bits per heavy atom. The number of benzene rings is 1. The van der Waals surface area contributed by atoms with Crippen LogP contribution in [0.2, 0.25) is 0 Å². The van der Waals surface area contributed by atoms with Crippen molar-refractivity contribution in [2.75, 3.05) is 13.1 Å². The molecule has 3 heteroatoms.